The minimum absolute atomic E-state index is 1.17. The third-order valence-corrected chi connectivity index (χ3v) is 1.74. The molecular formula is C3H7O4S-. The molecule has 0 aromatic carbocycles. The highest BCUT2D eigenvalue weighted by Crippen LogP contribution is 1.94. The van der Waals surface area contributed by atoms with E-state index in [4.69, 9.17) is 0 Å². The van der Waals surface area contributed by atoms with Crippen LogP contribution in [0.4, 0.5) is 0 Å². The Morgan fingerprint density at radius 3 is 2.00 bits per heavy atom. The molecule has 0 aliphatic carbocycles. The van der Waals surface area contributed by atoms with Crippen molar-refractivity contribution >= 4 is 10.1 Å². The number of hydrogen-bond acceptors (Lipinski definition) is 4. The lowest BCUT2D eigenvalue weighted by molar-refractivity contribution is 0.167. The Hall–Kier alpha value is -0.130. The number of ether oxygens (including phenoxy) is 1. The van der Waals surface area contributed by atoms with Gasteiger partial charge < -0.3 is 9.29 Å². The Kier molecular flexibility index (Phi) is 2.39. The molecule has 50 valence electrons. The summed E-state index contributed by atoms with van der Waals surface area (Å²) in [7, 11) is -3.06. The molecule has 0 radical (unpaired) electrons. The Morgan fingerprint density at radius 1 is 1.62 bits per heavy atom. The van der Waals surface area contributed by atoms with E-state index in [1.54, 1.807) is 0 Å². The highest BCUT2D eigenvalue weighted by molar-refractivity contribution is 7.86. The summed E-state index contributed by atoms with van der Waals surface area (Å²) in [4.78, 5) is 0. The zero-order valence-corrected chi connectivity index (χ0v) is 5.44. The molecule has 0 heterocycles. The summed E-state index contributed by atoms with van der Waals surface area (Å²) >= 11 is 0. The lowest BCUT2D eigenvalue weighted by Gasteiger charge is -2.12. The van der Waals surface area contributed by atoms with Gasteiger partial charge in [-0.15, -0.1) is 0 Å². The van der Waals surface area contributed by atoms with Gasteiger partial charge in [0.15, 0.2) is 0 Å². The van der Waals surface area contributed by atoms with Crippen LogP contribution in [-0.4, -0.2) is 25.5 Å². The van der Waals surface area contributed by atoms with E-state index in [2.05, 4.69) is 4.74 Å². The second-order valence-electron chi connectivity index (χ2n) is 1.30. The molecule has 0 spiro atoms. The van der Waals surface area contributed by atoms with E-state index in [9.17, 15) is 13.0 Å². The molecule has 0 aliphatic heterocycles. The molecular weight excluding hydrogens is 132 g/mol. The minimum Gasteiger partial charge on any atom is -0.746 e. The summed E-state index contributed by atoms with van der Waals surface area (Å²) in [5.74, 6) is 0. The molecule has 1 atom stereocenters. The van der Waals surface area contributed by atoms with Crippen LogP contribution in [0.5, 0.6) is 0 Å². The molecule has 0 aliphatic rings. The van der Waals surface area contributed by atoms with Crippen molar-refractivity contribution in [2.45, 2.75) is 12.4 Å². The van der Waals surface area contributed by atoms with Gasteiger partial charge in [0, 0.05) is 7.11 Å². The molecule has 5 heteroatoms. The van der Waals surface area contributed by atoms with Crippen molar-refractivity contribution in [2.24, 2.45) is 0 Å². The lowest BCUT2D eigenvalue weighted by Crippen LogP contribution is -2.18. The predicted molar refractivity (Wildman–Crippen MR) is 26.2 cm³/mol. The highest BCUT2D eigenvalue weighted by Gasteiger charge is 2.04. The summed E-state index contributed by atoms with van der Waals surface area (Å²) in [5.41, 5.74) is -1.23. The van der Waals surface area contributed by atoms with Crippen LogP contribution < -0.4 is 0 Å². The van der Waals surface area contributed by atoms with Crippen molar-refractivity contribution in [3.05, 3.63) is 0 Å². The van der Waals surface area contributed by atoms with Crippen LogP contribution in [0, 0.1) is 0 Å². The van der Waals surface area contributed by atoms with Crippen molar-refractivity contribution in [2.75, 3.05) is 7.11 Å². The topological polar surface area (TPSA) is 66.4 Å². The molecule has 8 heavy (non-hydrogen) atoms. The Bertz CT molecular complexity index is 147. The normalized spacial score (nSPS) is 15.9. The number of hydrogen-bond donors (Lipinski definition) is 0. The van der Waals surface area contributed by atoms with Gasteiger partial charge in [0.25, 0.3) is 0 Å². The van der Waals surface area contributed by atoms with Gasteiger partial charge in [-0.25, -0.2) is 8.42 Å². The summed E-state index contributed by atoms with van der Waals surface area (Å²) in [6, 6.07) is 0. The molecule has 0 aromatic rings. The molecule has 0 rings (SSSR count). The monoisotopic (exact) mass is 139 g/mol. The molecule has 0 saturated carbocycles. The van der Waals surface area contributed by atoms with Crippen LogP contribution in [0.15, 0.2) is 0 Å². The first kappa shape index (κ1) is 7.87. The fraction of sp³-hybridized carbons (Fsp3) is 1.00. The fourth-order valence-electron chi connectivity index (χ4n) is 0.118. The van der Waals surface area contributed by atoms with E-state index >= 15 is 0 Å². The van der Waals surface area contributed by atoms with E-state index in [1.807, 2.05) is 0 Å². The Balaban J connectivity index is 4.04. The SMILES string of the molecule is COC(C)S(=O)(=O)[O-]. The standard InChI is InChI=1S/C3H8O4S/c1-3(7-2)8(4,5)6/h3H,1-2H3,(H,4,5,6)/p-1. The zero-order valence-electron chi connectivity index (χ0n) is 4.62. The first-order chi connectivity index (χ1) is 3.48. The van der Waals surface area contributed by atoms with Gasteiger partial charge in [0.05, 0.1) is 0 Å². The van der Waals surface area contributed by atoms with Crippen LogP contribution in [0.1, 0.15) is 6.92 Å². The summed E-state index contributed by atoms with van der Waals surface area (Å²) in [5, 5.41) is 0. The van der Waals surface area contributed by atoms with E-state index in [1.165, 1.54) is 14.0 Å². The van der Waals surface area contributed by atoms with Crippen molar-refractivity contribution < 1.29 is 17.7 Å². The maximum atomic E-state index is 9.88. The molecule has 0 bridgehead atoms. The molecule has 0 saturated heterocycles. The van der Waals surface area contributed by atoms with Gasteiger partial charge >= 0.3 is 0 Å². The van der Waals surface area contributed by atoms with Gasteiger partial charge in [-0.2, -0.15) is 0 Å². The van der Waals surface area contributed by atoms with Crippen LogP contribution in [0.3, 0.4) is 0 Å². The first-order valence-corrected chi connectivity index (χ1v) is 3.43. The van der Waals surface area contributed by atoms with Crippen molar-refractivity contribution in [3.8, 4) is 0 Å². The zero-order chi connectivity index (χ0) is 6.78. The molecule has 1 unspecified atom stereocenters. The predicted octanol–water partition coefficient (Wildman–Crippen LogP) is -0.476. The summed E-state index contributed by atoms with van der Waals surface area (Å²) in [6.45, 7) is 1.18. The second-order valence-corrected chi connectivity index (χ2v) is 2.95. The fourth-order valence-corrected chi connectivity index (χ4v) is 0.354. The van der Waals surface area contributed by atoms with E-state index in [0.717, 1.165) is 0 Å². The van der Waals surface area contributed by atoms with Crippen molar-refractivity contribution in [1.82, 2.24) is 0 Å². The largest absolute Gasteiger partial charge is 0.746 e. The number of rotatable bonds is 2. The average molecular weight is 139 g/mol. The first-order valence-electron chi connectivity index (χ1n) is 1.96. The molecule has 0 aromatic heterocycles. The van der Waals surface area contributed by atoms with Crippen molar-refractivity contribution in [1.29, 1.82) is 0 Å². The molecule has 4 nitrogen and oxygen atoms in total. The van der Waals surface area contributed by atoms with Gasteiger partial charge in [-0.05, 0) is 6.92 Å². The maximum absolute atomic E-state index is 9.88. The minimum atomic E-state index is -4.23. The summed E-state index contributed by atoms with van der Waals surface area (Å²) in [6.07, 6.45) is 0. The third-order valence-electron chi connectivity index (χ3n) is 0.738. The van der Waals surface area contributed by atoms with Crippen LogP contribution in [0.25, 0.3) is 0 Å². The molecule has 0 amide bonds. The Labute approximate surface area is 48.2 Å². The highest BCUT2D eigenvalue weighted by atomic mass is 32.2. The molecule has 0 fully saturated rings. The Morgan fingerprint density at radius 2 is 2.00 bits per heavy atom. The van der Waals surface area contributed by atoms with Crippen LogP contribution in [-0.2, 0) is 14.9 Å². The van der Waals surface area contributed by atoms with Gasteiger partial charge in [0.2, 0.25) is 0 Å². The summed E-state index contributed by atoms with van der Waals surface area (Å²) < 4.78 is 33.9. The lowest BCUT2D eigenvalue weighted by atomic mass is 10.9. The second kappa shape index (κ2) is 2.43. The maximum Gasteiger partial charge on any atom is 0.143 e. The number of methoxy groups -OCH3 is 1. The smallest absolute Gasteiger partial charge is 0.143 e. The quantitative estimate of drug-likeness (QED) is 0.485. The van der Waals surface area contributed by atoms with Crippen molar-refractivity contribution in [3.63, 3.8) is 0 Å². The van der Waals surface area contributed by atoms with Crippen LogP contribution in [0.2, 0.25) is 0 Å². The van der Waals surface area contributed by atoms with Gasteiger partial charge in [-0.3, -0.25) is 0 Å². The molecule has 0 N–H and O–H groups in total. The average Bonchev–Trinajstić information content (AvgIpc) is 1.62. The van der Waals surface area contributed by atoms with E-state index in [-0.39, 0.29) is 0 Å². The van der Waals surface area contributed by atoms with Crippen LogP contribution >= 0.6 is 0 Å². The van der Waals surface area contributed by atoms with Gasteiger partial charge in [0.1, 0.15) is 15.6 Å². The van der Waals surface area contributed by atoms with E-state index < -0.39 is 15.6 Å². The third kappa shape index (κ3) is 2.25. The van der Waals surface area contributed by atoms with Gasteiger partial charge in [-0.1, -0.05) is 0 Å². The van der Waals surface area contributed by atoms with E-state index in [0.29, 0.717) is 0 Å².